The van der Waals surface area contributed by atoms with E-state index in [-0.39, 0.29) is 19.3 Å². The smallest absolute Gasteiger partial charge is 0.326 e. The maximum atomic E-state index is 13.0. The minimum absolute atomic E-state index is 0.143. The fourth-order valence-corrected chi connectivity index (χ4v) is 3.24. The molecule has 1 heterocycles. The molecule has 1 rings (SSSR count). The molecule has 0 radical (unpaired) electrons. The number of hydrogen-bond acceptors (Lipinski definition) is 9. The lowest BCUT2D eigenvalue weighted by molar-refractivity contribution is -0.142. The molecule has 13 N–H and O–H groups in total. The highest BCUT2D eigenvalue weighted by molar-refractivity contribution is 5.96. The highest BCUT2D eigenvalue weighted by Crippen LogP contribution is 2.05. The number of carboxylic acids is 1. The summed E-state index contributed by atoms with van der Waals surface area (Å²) in [6, 6.07) is -5.24. The van der Waals surface area contributed by atoms with Crippen LogP contribution >= 0.6 is 0 Å². The molecule has 0 fully saturated rings. The predicted octanol–water partition coefficient (Wildman–Crippen LogP) is -3.91. The number of nitrogens with zero attached hydrogens (tertiary/aromatic N) is 1. The first-order valence-corrected chi connectivity index (χ1v) is 11.6. The molecule has 0 aromatic carbocycles. The van der Waals surface area contributed by atoms with Gasteiger partial charge in [0, 0.05) is 24.7 Å². The van der Waals surface area contributed by atoms with Crippen LogP contribution in [0, 0.1) is 0 Å². The number of nitrogens with two attached hydrogens (primary N) is 4. The highest BCUT2D eigenvalue weighted by atomic mass is 16.4. The Morgan fingerprint density at radius 1 is 0.892 bits per heavy atom. The van der Waals surface area contributed by atoms with Crippen LogP contribution in [0.3, 0.4) is 0 Å². The summed E-state index contributed by atoms with van der Waals surface area (Å²) in [5.74, 6) is -5.60. The third-order valence-electron chi connectivity index (χ3n) is 5.25. The molecular weight excluding hydrogens is 490 g/mol. The van der Waals surface area contributed by atoms with Gasteiger partial charge in [0.15, 0.2) is 0 Å². The molecule has 0 bridgehead atoms. The van der Waals surface area contributed by atoms with Crippen LogP contribution in [0.2, 0.25) is 0 Å². The molecule has 16 nitrogen and oxygen atoms in total. The van der Waals surface area contributed by atoms with Crippen molar-refractivity contribution in [1.82, 2.24) is 25.9 Å². The second-order valence-electron chi connectivity index (χ2n) is 8.37. The van der Waals surface area contributed by atoms with Crippen LogP contribution in [0.1, 0.15) is 44.2 Å². The number of H-pyrrole nitrogens is 1. The Labute approximate surface area is 212 Å². The van der Waals surface area contributed by atoms with Gasteiger partial charge in [-0.05, 0) is 25.8 Å². The Morgan fingerprint density at radius 2 is 1.51 bits per heavy atom. The van der Waals surface area contributed by atoms with Gasteiger partial charge in [-0.15, -0.1) is 0 Å². The van der Waals surface area contributed by atoms with Crippen molar-refractivity contribution < 1.29 is 33.9 Å². The Bertz CT molecular complexity index is 939. The van der Waals surface area contributed by atoms with Crippen molar-refractivity contribution in [2.45, 2.75) is 69.1 Å². The van der Waals surface area contributed by atoms with Crippen molar-refractivity contribution in [2.75, 3.05) is 6.54 Å². The lowest BCUT2D eigenvalue weighted by atomic mass is 10.1. The topological polar surface area (TPSA) is 292 Å². The lowest BCUT2D eigenvalue weighted by Crippen LogP contribution is -2.58. The molecule has 4 unspecified atom stereocenters. The number of carbonyl (C=O) groups is 6. The summed E-state index contributed by atoms with van der Waals surface area (Å²) in [4.78, 5) is 79.1. The van der Waals surface area contributed by atoms with Crippen molar-refractivity contribution in [3.05, 3.63) is 18.2 Å². The lowest BCUT2D eigenvalue weighted by Gasteiger charge is -2.24. The van der Waals surface area contributed by atoms with E-state index in [9.17, 15) is 33.9 Å². The summed E-state index contributed by atoms with van der Waals surface area (Å²) in [6.45, 7) is 0.423. The van der Waals surface area contributed by atoms with E-state index in [0.29, 0.717) is 31.5 Å². The first-order valence-electron chi connectivity index (χ1n) is 11.6. The zero-order valence-corrected chi connectivity index (χ0v) is 20.3. The summed E-state index contributed by atoms with van der Waals surface area (Å²) < 4.78 is 0. The number of rotatable bonds is 18. The third-order valence-corrected chi connectivity index (χ3v) is 5.25. The minimum Gasteiger partial charge on any atom is -0.480 e. The van der Waals surface area contributed by atoms with Crippen LogP contribution in [-0.2, 0) is 35.2 Å². The van der Waals surface area contributed by atoms with Crippen LogP contribution in [0.15, 0.2) is 12.5 Å². The third kappa shape index (κ3) is 12.0. The molecule has 0 saturated heterocycles. The van der Waals surface area contributed by atoms with E-state index in [1.807, 2.05) is 0 Å². The monoisotopic (exact) mass is 525 g/mol. The summed E-state index contributed by atoms with van der Waals surface area (Å²) >= 11 is 0. The zero-order valence-electron chi connectivity index (χ0n) is 20.3. The van der Waals surface area contributed by atoms with Gasteiger partial charge in [0.2, 0.25) is 29.5 Å². The number of carbonyl (C=O) groups excluding carboxylic acids is 5. The SMILES string of the molecule is NCCCCC(N)C(=O)NC(CC(N)=O)C(=O)NC(Cc1cnc[nH]1)C(=O)NC(CCC(N)=O)C(=O)O. The number of nitrogens with one attached hydrogen (secondary N) is 4. The number of hydrogen-bond donors (Lipinski definition) is 9. The number of aromatic amines is 1. The maximum absolute atomic E-state index is 13.0. The number of carboxylic acid groups (broad SMARTS) is 1. The average Bonchev–Trinajstić information content (AvgIpc) is 3.33. The van der Waals surface area contributed by atoms with Gasteiger partial charge < -0.3 is 49.0 Å². The molecular formula is C21H35N9O7. The molecule has 16 heteroatoms. The van der Waals surface area contributed by atoms with Crippen LogP contribution in [-0.4, -0.2) is 81.3 Å². The van der Waals surface area contributed by atoms with Gasteiger partial charge >= 0.3 is 5.97 Å². The number of imidazole rings is 1. The first-order chi connectivity index (χ1) is 17.4. The van der Waals surface area contributed by atoms with Crippen LogP contribution < -0.4 is 38.9 Å². The molecule has 1 aromatic rings. The molecule has 0 saturated carbocycles. The largest absolute Gasteiger partial charge is 0.480 e. The van der Waals surface area contributed by atoms with Gasteiger partial charge in [-0.25, -0.2) is 9.78 Å². The normalized spacial score (nSPS) is 14.0. The van der Waals surface area contributed by atoms with Crippen molar-refractivity contribution in [3.63, 3.8) is 0 Å². The quantitative estimate of drug-likeness (QED) is 0.0839. The first kappa shape index (κ1) is 31.0. The summed E-state index contributed by atoms with van der Waals surface area (Å²) in [6.07, 6.45) is 2.94. The molecule has 0 aliphatic heterocycles. The number of aliphatic carboxylic acids is 1. The fraction of sp³-hybridized carbons (Fsp3) is 0.571. The predicted molar refractivity (Wildman–Crippen MR) is 129 cm³/mol. The van der Waals surface area contributed by atoms with E-state index in [4.69, 9.17) is 22.9 Å². The van der Waals surface area contributed by atoms with Crippen molar-refractivity contribution in [2.24, 2.45) is 22.9 Å². The van der Waals surface area contributed by atoms with Gasteiger partial charge in [0.05, 0.1) is 18.8 Å². The van der Waals surface area contributed by atoms with E-state index >= 15 is 0 Å². The molecule has 206 valence electrons. The van der Waals surface area contributed by atoms with Crippen molar-refractivity contribution in [3.8, 4) is 0 Å². The summed E-state index contributed by atoms with van der Waals surface area (Å²) in [7, 11) is 0. The van der Waals surface area contributed by atoms with Crippen LogP contribution in [0.5, 0.6) is 0 Å². The Morgan fingerprint density at radius 3 is 2.05 bits per heavy atom. The van der Waals surface area contributed by atoms with Gasteiger partial charge in [-0.2, -0.15) is 0 Å². The van der Waals surface area contributed by atoms with Crippen LogP contribution in [0.25, 0.3) is 0 Å². The van der Waals surface area contributed by atoms with E-state index in [1.54, 1.807) is 0 Å². The van der Waals surface area contributed by atoms with Gasteiger partial charge in [0.1, 0.15) is 18.1 Å². The van der Waals surface area contributed by atoms with E-state index in [2.05, 4.69) is 25.9 Å². The molecule has 5 amide bonds. The number of aromatic nitrogens is 2. The van der Waals surface area contributed by atoms with Gasteiger partial charge in [-0.3, -0.25) is 24.0 Å². The van der Waals surface area contributed by atoms with E-state index in [0.717, 1.165) is 0 Å². The van der Waals surface area contributed by atoms with Crippen molar-refractivity contribution >= 4 is 35.5 Å². The molecule has 4 atom stereocenters. The molecule has 0 spiro atoms. The summed E-state index contributed by atoms with van der Waals surface area (Å²) in [5.41, 5.74) is 22.0. The fourth-order valence-electron chi connectivity index (χ4n) is 3.24. The Hall–Kier alpha value is -4.05. The average molecular weight is 526 g/mol. The van der Waals surface area contributed by atoms with Crippen LogP contribution in [0.4, 0.5) is 0 Å². The zero-order chi connectivity index (χ0) is 28.0. The van der Waals surface area contributed by atoms with Gasteiger partial charge in [-0.1, -0.05) is 6.42 Å². The second kappa shape index (κ2) is 15.8. The highest BCUT2D eigenvalue weighted by Gasteiger charge is 2.31. The minimum atomic E-state index is -1.46. The molecule has 37 heavy (non-hydrogen) atoms. The van der Waals surface area contributed by atoms with Gasteiger partial charge in [0.25, 0.3) is 0 Å². The van der Waals surface area contributed by atoms with Crippen molar-refractivity contribution in [1.29, 1.82) is 0 Å². The van der Waals surface area contributed by atoms with E-state index < -0.39 is 66.1 Å². The summed E-state index contributed by atoms with van der Waals surface area (Å²) in [5, 5.41) is 16.4. The molecule has 0 aliphatic rings. The standard InChI is InChI=1S/C21H35N9O7/c22-6-2-1-3-12(23)18(33)29-15(8-17(25)32)20(35)30-14(7-11-9-26-10-27-11)19(34)28-13(21(36)37)4-5-16(24)31/h9-10,12-15H,1-8,22-23H2,(H2,24,31)(H2,25,32)(H,26,27)(H,28,34)(H,29,33)(H,30,35)(H,36,37). The number of unbranched alkanes of at least 4 members (excludes halogenated alkanes) is 1. The molecule has 1 aromatic heterocycles. The second-order valence-corrected chi connectivity index (χ2v) is 8.37. The molecule has 0 aliphatic carbocycles. The number of amides is 5. The number of primary amides is 2. The van der Waals surface area contributed by atoms with E-state index in [1.165, 1.54) is 12.5 Å². The Kier molecular flexibility index (Phi) is 13.3. The Balaban J connectivity index is 3.02. The maximum Gasteiger partial charge on any atom is 0.326 e.